The predicted octanol–water partition coefficient (Wildman–Crippen LogP) is -1.74. The summed E-state index contributed by atoms with van der Waals surface area (Å²) in [6.45, 7) is 4.54. The lowest BCUT2D eigenvalue weighted by molar-refractivity contribution is -0.157. The first-order chi connectivity index (χ1) is 22.6. The van der Waals surface area contributed by atoms with E-state index in [0.29, 0.717) is 12.6 Å². The summed E-state index contributed by atoms with van der Waals surface area (Å²) in [6, 6.07) is 0. The highest BCUT2D eigenvalue weighted by atomic mass is 16.6. The van der Waals surface area contributed by atoms with Crippen molar-refractivity contribution in [3.05, 3.63) is 65.2 Å². The molecule has 4 heterocycles. The summed E-state index contributed by atoms with van der Waals surface area (Å²) >= 11 is 0. The van der Waals surface area contributed by atoms with Crippen LogP contribution in [0.2, 0.25) is 0 Å². The molecule has 48 heavy (non-hydrogen) atoms. The first kappa shape index (κ1) is 37.0. The Morgan fingerprint density at radius 1 is 0.688 bits per heavy atom. The maximum absolute atomic E-state index is 11.9. The van der Waals surface area contributed by atoms with Crippen LogP contribution in [-0.4, -0.2) is 93.2 Å². The number of aromatic amines is 2. The van der Waals surface area contributed by atoms with Crippen molar-refractivity contribution >= 4 is 36.4 Å². The van der Waals surface area contributed by atoms with Gasteiger partial charge in [0.15, 0.2) is 12.6 Å². The molecule has 6 atom stereocenters. The smallest absolute Gasteiger partial charge is 0.330 e. The zero-order chi connectivity index (χ0) is 35.7. The Bertz CT molecular complexity index is 1660. The van der Waals surface area contributed by atoms with Crippen molar-refractivity contribution in [3.63, 3.8) is 0 Å². The average molecular weight is 681 g/mol. The van der Waals surface area contributed by atoms with E-state index in [9.17, 15) is 47.9 Å². The third kappa shape index (κ3) is 9.75. The number of carbonyl (C=O) groups is 6. The molecule has 260 valence electrons. The maximum Gasteiger partial charge on any atom is 0.330 e. The largest absolute Gasteiger partial charge is 0.463 e. The summed E-state index contributed by atoms with van der Waals surface area (Å²) < 4.78 is 33.2. The number of hydrogen-bond acceptors (Lipinski definition) is 16. The van der Waals surface area contributed by atoms with E-state index in [1.54, 1.807) is 0 Å². The van der Waals surface area contributed by atoms with Gasteiger partial charge in [-0.05, 0) is 0 Å². The molecule has 0 radical (unpaired) electrons. The molecule has 2 aromatic rings. The fourth-order valence-electron chi connectivity index (χ4n) is 4.71. The van der Waals surface area contributed by atoms with E-state index in [2.05, 4.69) is 0 Å². The fourth-order valence-corrected chi connectivity index (χ4v) is 4.71. The Labute approximate surface area is 268 Å². The number of ether oxygens (including phenoxy) is 6. The number of esters is 4. The molecule has 2 aromatic heterocycles. The van der Waals surface area contributed by atoms with Crippen molar-refractivity contribution in [2.45, 2.75) is 77.4 Å². The van der Waals surface area contributed by atoms with Crippen LogP contribution in [0.4, 0.5) is 0 Å². The fraction of sp³-hybridized carbons (Fsp3) is 0.500. The van der Waals surface area contributed by atoms with Gasteiger partial charge in [0, 0.05) is 52.9 Å². The highest BCUT2D eigenvalue weighted by Gasteiger charge is 2.41. The van der Waals surface area contributed by atoms with Gasteiger partial charge >= 0.3 is 35.3 Å². The maximum atomic E-state index is 11.9. The molecule has 20 heteroatoms. The van der Waals surface area contributed by atoms with Gasteiger partial charge in [0.2, 0.25) is 0 Å². The molecular formula is C28H32N4O16. The highest BCUT2D eigenvalue weighted by Crippen LogP contribution is 2.31. The first-order valence-corrected chi connectivity index (χ1v) is 14.2. The number of nitrogens with zero attached hydrogens (tertiary/aromatic N) is 2. The van der Waals surface area contributed by atoms with Crippen molar-refractivity contribution in [3.8, 4) is 0 Å². The van der Waals surface area contributed by atoms with E-state index in [1.807, 2.05) is 9.97 Å². The van der Waals surface area contributed by atoms with Crippen LogP contribution in [0.15, 0.2) is 31.6 Å². The van der Waals surface area contributed by atoms with Gasteiger partial charge in [-0.2, -0.15) is 0 Å². The molecule has 2 aliphatic rings. The molecule has 0 spiro atoms. The van der Waals surface area contributed by atoms with Crippen LogP contribution in [0, 0.1) is 0 Å². The minimum Gasteiger partial charge on any atom is -0.463 e. The van der Waals surface area contributed by atoms with E-state index >= 15 is 0 Å². The molecule has 2 saturated heterocycles. The normalized spacial score (nSPS) is 22.8. The molecule has 2 N–H and O–H groups in total. The van der Waals surface area contributed by atoms with Crippen LogP contribution in [0.5, 0.6) is 0 Å². The van der Waals surface area contributed by atoms with E-state index in [0.717, 1.165) is 21.5 Å². The van der Waals surface area contributed by atoms with E-state index < -0.39 is 83.2 Å². The number of rotatable bonds is 10. The van der Waals surface area contributed by atoms with Gasteiger partial charge < -0.3 is 28.4 Å². The number of hydrogen-bond donors (Lipinski definition) is 2. The SMILES string of the molecule is CC(=O)OC[C@H]1O[C@@H](n2cc(C=O)c(=O)[nH]c2=O)C[C@@H]1OC(C)=O.CC(=O)OC[C@H]1O[C@@H](n2cc(C=O)c(=O)[nH]c2=O)C[C@@H]1OC(C)=O. The summed E-state index contributed by atoms with van der Waals surface area (Å²) in [6.07, 6.45) is -1.89. The van der Waals surface area contributed by atoms with Crippen molar-refractivity contribution in [1.29, 1.82) is 0 Å². The Kier molecular flexibility index (Phi) is 12.6. The lowest BCUT2D eigenvalue weighted by Crippen LogP contribution is -2.34. The number of H-pyrrole nitrogens is 2. The lowest BCUT2D eigenvalue weighted by atomic mass is 10.2. The summed E-state index contributed by atoms with van der Waals surface area (Å²) in [7, 11) is 0. The Morgan fingerprint density at radius 3 is 1.33 bits per heavy atom. The van der Waals surface area contributed by atoms with Gasteiger partial charge in [-0.15, -0.1) is 0 Å². The highest BCUT2D eigenvalue weighted by molar-refractivity contribution is 5.73. The van der Waals surface area contributed by atoms with E-state index in [4.69, 9.17) is 28.4 Å². The minimum atomic E-state index is -0.891. The summed E-state index contributed by atoms with van der Waals surface area (Å²) in [5.41, 5.74) is -3.65. The zero-order valence-corrected chi connectivity index (χ0v) is 26.0. The van der Waals surface area contributed by atoms with Crippen LogP contribution in [0.1, 0.15) is 73.7 Å². The molecule has 0 amide bonds. The Balaban J connectivity index is 0.000000260. The number of aldehydes is 2. The van der Waals surface area contributed by atoms with Gasteiger partial charge in [0.05, 0.1) is 11.1 Å². The third-order valence-corrected chi connectivity index (χ3v) is 6.76. The minimum absolute atomic E-state index is 0.0930. The molecule has 2 aliphatic heterocycles. The van der Waals surface area contributed by atoms with Crippen LogP contribution in [0.3, 0.4) is 0 Å². The number of aromatic nitrogens is 4. The molecular weight excluding hydrogens is 648 g/mol. The molecule has 0 aromatic carbocycles. The van der Waals surface area contributed by atoms with Gasteiger partial charge in [0.25, 0.3) is 11.1 Å². The molecule has 0 unspecified atom stereocenters. The second-order valence-corrected chi connectivity index (χ2v) is 10.4. The third-order valence-electron chi connectivity index (χ3n) is 6.76. The van der Waals surface area contributed by atoms with Gasteiger partial charge in [-0.1, -0.05) is 0 Å². The van der Waals surface area contributed by atoms with E-state index in [-0.39, 0.29) is 37.2 Å². The lowest BCUT2D eigenvalue weighted by Gasteiger charge is -2.17. The second-order valence-electron chi connectivity index (χ2n) is 10.4. The molecule has 0 aliphatic carbocycles. The zero-order valence-electron chi connectivity index (χ0n) is 26.0. The Hall–Kier alpha value is -5.50. The monoisotopic (exact) mass is 680 g/mol. The number of nitrogens with one attached hydrogen (secondary N) is 2. The van der Waals surface area contributed by atoms with E-state index in [1.165, 1.54) is 27.7 Å². The summed E-state index contributed by atoms with van der Waals surface area (Å²) in [5, 5.41) is 0. The standard InChI is InChI=1S/2C14H16N2O8/c2*1-7(18)22-6-11-10(23-8(2)19)3-12(24-11)16-4-9(5-17)13(20)15-14(16)21/h2*4-5,10-12H,3,6H2,1-2H3,(H,15,20,21)/t2*10-,11+,12+/m00/s1. The molecule has 20 nitrogen and oxygen atoms in total. The summed E-state index contributed by atoms with van der Waals surface area (Å²) in [5.74, 6) is -2.18. The first-order valence-electron chi connectivity index (χ1n) is 14.2. The number of carbonyl (C=O) groups excluding carboxylic acids is 6. The average Bonchev–Trinajstić information content (AvgIpc) is 3.58. The van der Waals surface area contributed by atoms with Crippen LogP contribution < -0.4 is 22.5 Å². The van der Waals surface area contributed by atoms with Crippen LogP contribution in [-0.2, 0) is 47.6 Å². The molecule has 0 saturated carbocycles. The molecule has 4 rings (SSSR count). The van der Waals surface area contributed by atoms with Crippen molar-refractivity contribution in [1.82, 2.24) is 19.1 Å². The molecule has 0 bridgehead atoms. The van der Waals surface area contributed by atoms with Crippen molar-refractivity contribution in [2.75, 3.05) is 13.2 Å². The second kappa shape index (κ2) is 16.4. The Morgan fingerprint density at radius 2 is 1.04 bits per heavy atom. The van der Waals surface area contributed by atoms with Gasteiger partial charge in [-0.3, -0.25) is 57.5 Å². The van der Waals surface area contributed by atoms with Crippen LogP contribution >= 0.6 is 0 Å². The predicted molar refractivity (Wildman–Crippen MR) is 155 cm³/mol. The topological polar surface area (TPSA) is 268 Å². The van der Waals surface area contributed by atoms with Crippen LogP contribution in [0.25, 0.3) is 0 Å². The van der Waals surface area contributed by atoms with Crippen molar-refractivity contribution < 1.29 is 57.2 Å². The van der Waals surface area contributed by atoms with Gasteiger partial charge in [0.1, 0.15) is 50.1 Å². The summed E-state index contributed by atoms with van der Waals surface area (Å²) in [4.78, 5) is 117. The molecule has 2 fully saturated rings. The van der Waals surface area contributed by atoms with Crippen molar-refractivity contribution in [2.24, 2.45) is 0 Å². The van der Waals surface area contributed by atoms with Gasteiger partial charge in [-0.25, -0.2) is 9.59 Å². The quantitative estimate of drug-likeness (QED) is 0.160.